The lowest BCUT2D eigenvalue weighted by atomic mass is 9.97. The van der Waals surface area contributed by atoms with Crippen LogP contribution in [-0.4, -0.2) is 6.61 Å². The molecule has 0 aliphatic carbocycles. The maximum atomic E-state index is 6.39. The predicted octanol–water partition coefficient (Wildman–Crippen LogP) is 4.70. The first-order valence-corrected chi connectivity index (χ1v) is 7.92. The lowest BCUT2D eigenvalue weighted by Gasteiger charge is -2.18. The Kier molecular flexibility index (Phi) is 5.29. The first-order valence-electron chi connectivity index (χ1n) is 6.46. The van der Waals surface area contributed by atoms with Crippen LogP contribution in [0.25, 0.3) is 0 Å². The minimum Gasteiger partial charge on any atom is -0.494 e. The van der Waals surface area contributed by atoms with Crippen LogP contribution in [0.1, 0.15) is 29.7 Å². The molecule has 1 unspecified atom stereocenters. The van der Waals surface area contributed by atoms with Gasteiger partial charge in [0.25, 0.3) is 0 Å². The molecule has 2 nitrogen and oxygen atoms in total. The SMILES string of the molecule is CCOc1ccc(C)cc1C(N)c1ccc(I)c(Cl)c1. The van der Waals surface area contributed by atoms with Crippen LogP contribution in [0.3, 0.4) is 0 Å². The van der Waals surface area contributed by atoms with Crippen LogP contribution >= 0.6 is 34.2 Å². The van der Waals surface area contributed by atoms with Crippen molar-refractivity contribution >= 4 is 34.2 Å². The van der Waals surface area contributed by atoms with Gasteiger partial charge in [-0.15, -0.1) is 0 Å². The van der Waals surface area contributed by atoms with E-state index in [0.29, 0.717) is 6.61 Å². The zero-order valence-electron chi connectivity index (χ0n) is 11.5. The van der Waals surface area contributed by atoms with E-state index in [1.165, 1.54) is 0 Å². The van der Waals surface area contributed by atoms with Crippen LogP contribution in [-0.2, 0) is 0 Å². The summed E-state index contributed by atoms with van der Waals surface area (Å²) in [5.74, 6) is 0.834. The highest BCUT2D eigenvalue weighted by atomic mass is 127. The van der Waals surface area contributed by atoms with Crippen molar-refractivity contribution in [3.05, 3.63) is 61.7 Å². The molecule has 106 valence electrons. The van der Waals surface area contributed by atoms with E-state index in [-0.39, 0.29) is 6.04 Å². The Balaban J connectivity index is 2.43. The fourth-order valence-corrected chi connectivity index (χ4v) is 2.61. The normalized spacial score (nSPS) is 12.2. The third-order valence-corrected chi connectivity index (χ3v) is 4.68. The zero-order chi connectivity index (χ0) is 14.7. The molecule has 1 atom stereocenters. The molecular formula is C16H17ClINO. The number of benzene rings is 2. The van der Waals surface area contributed by atoms with E-state index < -0.39 is 0 Å². The monoisotopic (exact) mass is 401 g/mol. The van der Waals surface area contributed by atoms with Crippen LogP contribution in [0.15, 0.2) is 36.4 Å². The van der Waals surface area contributed by atoms with Gasteiger partial charge in [-0.25, -0.2) is 0 Å². The van der Waals surface area contributed by atoms with E-state index in [1.54, 1.807) is 0 Å². The second-order valence-corrected chi connectivity index (χ2v) is 6.19. The molecule has 0 amide bonds. The largest absolute Gasteiger partial charge is 0.494 e. The quantitative estimate of drug-likeness (QED) is 0.754. The summed E-state index contributed by atoms with van der Waals surface area (Å²) in [5.41, 5.74) is 9.53. The molecule has 2 N–H and O–H groups in total. The topological polar surface area (TPSA) is 35.2 Å². The molecule has 0 aliphatic heterocycles. The second-order valence-electron chi connectivity index (χ2n) is 4.63. The van der Waals surface area contributed by atoms with Gasteiger partial charge in [-0.1, -0.05) is 35.4 Å². The maximum absolute atomic E-state index is 6.39. The fraction of sp³-hybridized carbons (Fsp3) is 0.250. The van der Waals surface area contributed by atoms with Gasteiger partial charge >= 0.3 is 0 Å². The average Bonchev–Trinajstić information content (AvgIpc) is 2.43. The molecular weight excluding hydrogens is 385 g/mol. The van der Waals surface area contributed by atoms with Gasteiger partial charge in [-0.3, -0.25) is 0 Å². The van der Waals surface area contributed by atoms with Gasteiger partial charge in [0.2, 0.25) is 0 Å². The second kappa shape index (κ2) is 6.78. The predicted molar refractivity (Wildman–Crippen MR) is 92.5 cm³/mol. The van der Waals surface area contributed by atoms with Crippen LogP contribution in [0.2, 0.25) is 5.02 Å². The molecule has 0 aliphatic rings. The van der Waals surface area contributed by atoms with Gasteiger partial charge in [0, 0.05) is 9.13 Å². The number of hydrogen-bond acceptors (Lipinski definition) is 2. The van der Waals surface area contributed by atoms with E-state index in [9.17, 15) is 0 Å². The van der Waals surface area contributed by atoms with Crippen LogP contribution in [0.4, 0.5) is 0 Å². The van der Waals surface area contributed by atoms with Crippen molar-refractivity contribution in [1.82, 2.24) is 0 Å². The van der Waals surface area contributed by atoms with Crippen molar-refractivity contribution in [3.8, 4) is 5.75 Å². The molecule has 0 bridgehead atoms. The molecule has 4 heteroatoms. The highest BCUT2D eigenvalue weighted by molar-refractivity contribution is 14.1. The lowest BCUT2D eigenvalue weighted by Crippen LogP contribution is -2.14. The van der Waals surface area contributed by atoms with Gasteiger partial charge < -0.3 is 10.5 Å². The van der Waals surface area contributed by atoms with Gasteiger partial charge in [0.1, 0.15) is 5.75 Å². The summed E-state index contributed by atoms with van der Waals surface area (Å²) in [6.07, 6.45) is 0. The Morgan fingerprint density at radius 3 is 2.65 bits per heavy atom. The Morgan fingerprint density at radius 2 is 2.00 bits per heavy atom. The number of hydrogen-bond donors (Lipinski definition) is 1. The standard InChI is InChI=1S/C16H17ClINO/c1-3-20-15-7-4-10(2)8-12(15)16(19)11-5-6-14(18)13(17)9-11/h4-9,16H,3,19H2,1-2H3. The van der Waals surface area contributed by atoms with E-state index >= 15 is 0 Å². The summed E-state index contributed by atoms with van der Waals surface area (Å²) >= 11 is 8.39. The summed E-state index contributed by atoms with van der Waals surface area (Å²) < 4.78 is 6.70. The van der Waals surface area contributed by atoms with Crippen molar-refractivity contribution in [2.24, 2.45) is 5.73 Å². The van der Waals surface area contributed by atoms with Crippen molar-refractivity contribution in [2.75, 3.05) is 6.61 Å². The van der Waals surface area contributed by atoms with Gasteiger partial charge in [-0.2, -0.15) is 0 Å². The molecule has 20 heavy (non-hydrogen) atoms. The molecule has 2 aromatic carbocycles. The highest BCUT2D eigenvalue weighted by Gasteiger charge is 2.15. The van der Waals surface area contributed by atoms with E-state index in [4.69, 9.17) is 22.1 Å². The molecule has 0 radical (unpaired) electrons. The highest BCUT2D eigenvalue weighted by Crippen LogP contribution is 2.31. The summed E-state index contributed by atoms with van der Waals surface area (Å²) in [7, 11) is 0. The maximum Gasteiger partial charge on any atom is 0.124 e. The van der Waals surface area contributed by atoms with E-state index in [2.05, 4.69) is 28.7 Å². The number of ether oxygens (including phenoxy) is 1. The number of nitrogens with two attached hydrogens (primary N) is 1. The van der Waals surface area contributed by atoms with Gasteiger partial charge in [0.15, 0.2) is 0 Å². The van der Waals surface area contributed by atoms with Crippen molar-refractivity contribution < 1.29 is 4.74 Å². The fourth-order valence-electron chi connectivity index (χ4n) is 2.08. The molecule has 0 saturated heterocycles. The zero-order valence-corrected chi connectivity index (χ0v) is 14.4. The summed E-state index contributed by atoms with van der Waals surface area (Å²) in [6, 6.07) is 11.7. The number of halogens is 2. The summed E-state index contributed by atoms with van der Waals surface area (Å²) in [4.78, 5) is 0. The van der Waals surface area contributed by atoms with Crippen molar-refractivity contribution in [3.63, 3.8) is 0 Å². The minimum atomic E-state index is -0.244. The van der Waals surface area contributed by atoms with Gasteiger partial charge in [-0.05, 0) is 60.2 Å². The Morgan fingerprint density at radius 1 is 1.25 bits per heavy atom. The molecule has 2 rings (SSSR count). The Hall–Kier alpha value is -0.780. The summed E-state index contributed by atoms with van der Waals surface area (Å²) in [6.45, 7) is 4.64. The van der Waals surface area contributed by atoms with E-state index in [0.717, 1.165) is 31.0 Å². The first kappa shape index (κ1) is 15.6. The summed E-state index contributed by atoms with van der Waals surface area (Å²) in [5, 5.41) is 0.726. The molecule has 0 aromatic heterocycles. The Bertz CT molecular complexity index is 615. The first-order chi connectivity index (χ1) is 9.52. The number of rotatable bonds is 4. The molecule has 0 fully saturated rings. The Labute approximate surface area is 138 Å². The van der Waals surface area contributed by atoms with E-state index in [1.807, 2.05) is 44.2 Å². The van der Waals surface area contributed by atoms with Crippen molar-refractivity contribution in [1.29, 1.82) is 0 Å². The molecule has 0 saturated carbocycles. The average molecular weight is 402 g/mol. The molecule has 2 aromatic rings. The third kappa shape index (κ3) is 3.45. The van der Waals surface area contributed by atoms with Crippen LogP contribution in [0.5, 0.6) is 5.75 Å². The smallest absolute Gasteiger partial charge is 0.124 e. The van der Waals surface area contributed by atoms with Crippen LogP contribution < -0.4 is 10.5 Å². The third-order valence-electron chi connectivity index (χ3n) is 3.10. The van der Waals surface area contributed by atoms with Crippen LogP contribution in [0, 0.1) is 10.5 Å². The molecule has 0 spiro atoms. The van der Waals surface area contributed by atoms with Crippen molar-refractivity contribution in [2.45, 2.75) is 19.9 Å². The molecule has 0 heterocycles. The minimum absolute atomic E-state index is 0.244. The number of aryl methyl sites for hydroxylation is 1. The van der Waals surface area contributed by atoms with Gasteiger partial charge in [0.05, 0.1) is 17.7 Å². The lowest BCUT2D eigenvalue weighted by molar-refractivity contribution is 0.335.